The summed E-state index contributed by atoms with van der Waals surface area (Å²) in [5.41, 5.74) is 3.57. The molecular formula is C19H24N2OS2. The Bertz CT molecular complexity index is 672. The predicted molar refractivity (Wildman–Crippen MR) is 107 cm³/mol. The number of anilines is 1. The maximum Gasteiger partial charge on any atom is 0.170 e. The molecular weight excluding hydrogens is 336 g/mol. The minimum absolute atomic E-state index is 0.640. The van der Waals surface area contributed by atoms with E-state index in [1.54, 1.807) is 18.9 Å². The average Bonchev–Trinajstić information content (AvgIpc) is 2.57. The van der Waals surface area contributed by atoms with Gasteiger partial charge in [-0.15, -0.1) is 0 Å². The maximum absolute atomic E-state index is 5.29. The molecule has 0 aliphatic rings. The molecule has 0 atom stereocenters. The summed E-state index contributed by atoms with van der Waals surface area (Å²) < 4.78 is 5.01. The lowest BCUT2D eigenvalue weighted by atomic mass is 10.2. The van der Waals surface area contributed by atoms with E-state index in [1.165, 1.54) is 20.9 Å². The topological polar surface area (TPSA) is 33.3 Å². The van der Waals surface area contributed by atoms with Gasteiger partial charge in [0.2, 0.25) is 0 Å². The molecule has 0 aliphatic heterocycles. The van der Waals surface area contributed by atoms with Crippen LogP contribution in [0.3, 0.4) is 0 Å². The quantitative estimate of drug-likeness (QED) is 0.549. The number of rotatable bonds is 7. The highest BCUT2D eigenvalue weighted by atomic mass is 32.2. The number of thiocarbonyl (C=S) groups is 1. The normalized spacial score (nSPS) is 10.5. The minimum Gasteiger partial charge on any atom is -0.385 e. The largest absolute Gasteiger partial charge is 0.385 e. The lowest BCUT2D eigenvalue weighted by molar-refractivity contribution is 0.196. The molecule has 128 valence electrons. The first-order valence-electron chi connectivity index (χ1n) is 7.97. The molecule has 0 saturated carbocycles. The molecule has 0 unspecified atom stereocenters. The van der Waals surface area contributed by atoms with Gasteiger partial charge in [-0.05, 0) is 73.9 Å². The molecule has 0 heterocycles. The Morgan fingerprint density at radius 2 is 1.88 bits per heavy atom. The van der Waals surface area contributed by atoms with E-state index in [4.69, 9.17) is 17.0 Å². The number of ether oxygens (including phenoxy) is 1. The van der Waals surface area contributed by atoms with Crippen LogP contribution in [0.4, 0.5) is 5.69 Å². The van der Waals surface area contributed by atoms with Crippen molar-refractivity contribution in [3.63, 3.8) is 0 Å². The van der Waals surface area contributed by atoms with Crippen LogP contribution < -0.4 is 10.6 Å². The van der Waals surface area contributed by atoms with Gasteiger partial charge in [-0.25, -0.2) is 0 Å². The van der Waals surface area contributed by atoms with Crippen molar-refractivity contribution in [2.45, 2.75) is 30.1 Å². The molecule has 2 aromatic carbocycles. The number of hydrogen-bond acceptors (Lipinski definition) is 3. The fourth-order valence-electron chi connectivity index (χ4n) is 2.14. The van der Waals surface area contributed by atoms with E-state index in [-0.39, 0.29) is 0 Å². The Morgan fingerprint density at radius 3 is 2.58 bits per heavy atom. The third kappa shape index (κ3) is 6.15. The summed E-state index contributed by atoms with van der Waals surface area (Å²) in [5, 5.41) is 7.01. The summed E-state index contributed by atoms with van der Waals surface area (Å²) in [5.74, 6) is 0. The van der Waals surface area contributed by atoms with E-state index < -0.39 is 0 Å². The van der Waals surface area contributed by atoms with Crippen molar-refractivity contribution in [3.05, 3.63) is 53.6 Å². The van der Waals surface area contributed by atoms with E-state index in [1.807, 2.05) is 0 Å². The van der Waals surface area contributed by atoms with Crippen LogP contribution in [0.25, 0.3) is 0 Å². The third-order valence-electron chi connectivity index (χ3n) is 3.49. The van der Waals surface area contributed by atoms with Crippen LogP contribution in [-0.2, 0) is 4.74 Å². The number of benzene rings is 2. The standard InChI is InChI=1S/C19H24N2OS2/c1-14-5-6-15(2)18(13-14)24-17-9-7-16(8-10-17)21-19(23)20-11-4-12-22-3/h5-10,13H,4,11-12H2,1-3H3,(H2,20,21,23). The van der Waals surface area contributed by atoms with Gasteiger partial charge in [0, 0.05) is 35.7 Å². The van der Waals surface area contributed by atoms with Crippen molar-refractivity contribution in [2.24, 2.45) is 0 Å². The average molecular weight is 361 g/mol. The summed E-state index contributed by atoms with van der Waals surface area (Å²) in [6, 6.07) is 14.9. The SMILES string of the molecule is COCCCNC(=S)Nc1ccc(Sc2cc(C)ccc2C)cc1. The highest BCUT2D eigenvalue weighted by molar-refractivity contribution is 7.99. The van der Waals surface area contributed by atoms with Crippen molar-refractivity contribution >= 4 is 34.8 Å². The smallest absolute Gasteiger partial charge is 0.170 e. The van der Waals surface area contributed by atoms with Crippen LogP contribution in [0.1, 0.15) is 17.5 Å². The highest BCUT2D eigenvalue weighted by Gasteiger charge is 2.03. The fourth-order valence-corrected chi connectivity index (χ4v) is 3.36. The van der Waals surface area contributed by atoms with Crippen molar-refractivity contribution in [2.75, 3.05) is 25.6 Å². The van der Waals surface area contributed by atoms with Crippen LogP contribution in [0.5, 0.6) is 0 Å². The van der Waals surface area contributed by atoms with Crippen LogP contribution in [0.15, 0.2) is 52.3 Å². The van der Waals surface area contributed by atoms with E-state index >= 15 is 0 Å². The van der Waals surface area contributed by atoms with Gasteiger partial charge in [-0.1, -0.05) is 23.9 Å². The van der Waals surface area contributed by atoms with E-state index in [2.05, 4.69) is 66.9 Å². The zero-order valence-electron chi connectivity index (χ0n) is 14.4. The van der Waals surface area contributed by atoms with Crippen molar-refractivity contribution < 1.29 is 4.74 Å². The van der Waals surface area contributed by atoms with Crippen molar-refractivity contribution in [3.8, 4) is 0 Å². The number of nitrogens with one attached hydrogen (secondary N) is 2. The van der Waals surface area contributed by atoms with Crippen LogP contribution >= 0.6 is 24.0 Å². The van der Waals surface area contributed by atoms with Gasteiger partial charge >= 0.3 is 0 Å². The second kappa shape index (κ2) is 9.67. The zero-order chi connectivity index (χ0) is 17.4. The monoisotopic (exact) mass is 360 g/mol. The zero-order valence-corrected chi connectivity index (χ0v) is 16.0. The first-order chi connectivity index (χ1) is 11.6. The van der Waals surface area contributed by atoms with E-state index in [0.29, 0.717) is 5.11 Å². The van der Waals surface area contributed by atoms with Gasteiger partial charge in [-0.2, -0.15) is 0 Å². The Hall–Kier alpha value is -1.56. The lowest BCUT2D eigenvalue weighted by Gasteiger charge is -2.11. The first-order valence-corrected chi connectivity index (χ1v) is 9.20. The summed E-state index contributed by atoms with van der Waals surface area (Å²) in [7, 11) is 1.70. The van der Waals surface area contributed by atoms with Crippen LogP contribution in [0.2, 0.25) is 0 Å². The number of aryl methyl sites for hydroxylation is 2. The second-order valence-electron chi connectivity index (χ2n) is 5.62. The molecule has 2 rings (SSSR count). The third-order valence-corrected chi connectivity index (χ3v) is 4.91. The number of hydrogen-bond donors (Lipinski definition) is 2. The molecule has 0 aromatic heterocycles. The Morgan fingerprint density at radius 1 is 1.12 bits per heavy atom. The first kappa shape index (κ1) is 18.8. The molecule has 3 nitrogen and oxygen atoms in total. The minimum atomic E-state index is 0.640. The van der Waals surface area contributed by atoms with Crippen LogP contribution in [-0.4, -0.2) is 25.4 Å². The Labute approximate surface area is 154 Å². The van der Waals surface area contributed by atoms with Gasteiger partial charge in [0.25, 0.3) is 0 Å². The fraction of sp³-hybridized carbons (Fsp3) is 0.316. The molecule has 0 amide bonds. The summed E-state index contributed by atoms with van der Waals surface area (Å²) in [6.45, 7) is 5.81. The Balaban J connectivity index is 1.88. The summed E-state index contributed by atoms with van der Waals surface area (Å²) in [4.78, 5) is 2.51. The molecule has 0 fully saturated rings. The highest BCUT2D eigenvalue weighted by Crippen LogP contribution is 2.31. The molecule has 2 aromatic rings. The van der Waals surface area contributed by atoms with Crippen molar-refractivity contribution in [1.29, 1.82) is 0 Å². The van der Waals surface area contributed by atoms with Crippen molar-refractivity contribution in [1.82, 2.24) is 5.32 Å². The molecule has 2 N–H and O–H groups in total. The lowest BCUT2D eigenvalue weighted by Crippen LogP contribution is -2.29. The molecule has 0 aliphatic carbocycles. The molecule has 0 spiro atoms. The predicted octanol–water partition coefficient (Wildman–Crippen LogP) is 4.78. The molecule has 0 bridgehead atoms. The molecule has 0 saturated heterocycles. The molecule has 5 heteroatoms. The Kier molecular flexibility index (Phi) is 7.56. The van der Waals surface area contributed by atoms with E-state index in [9.17, 15) is 0 Å². The number of methoxy groups -OCH3 is 1. The van der Waals surface area contributed by atoms with E-state index in [0.717, 1.165) is 25.3 Å². The maximum atomic E-state index is 5.29. The van der Waals surface area contributed by atoms with Gasteiger partial charge < -0.3 is 15.4 Å². The van der Waals surface area contributed by atoms with Crippen LogP contribution in [0, 0.1) is 13.8 Å². The second-order valence-corrected chi connectivity index (χ2v) is 7.15. The van der Waals surface area contributed by atoms with Gasteiger partial charge in [0.15, 0.2) is 5.11 Å². The summed E-state index contributed by atoms with van der Waals surface area (Å²) in [6.07, 6.45) is 0.934. The van der Waals surface area contributed by atoms with Gasteiger partial charge in [0.05, 0.1) is 0 Å². The molecule has 0 radical (unpaired) electrons. The van der Waals surface area contributed by atoms with Gasteiger partial charge in [-0.3, -0.25) is 0 Å². The van der Waals surface area contributed by atoms with Gasteiger partial charge in [0.1, 0.15) is 0 Å². The summed E-state index contributed by atoms with van der Waals surface area (Å²) >= 11 is 7.07. The molecule has 24 heavy (non-hydrogen) atoms.